The third-order valence-corrected chi connectivity index (χ3v) is 3.18. The van der Waals surface area contributed by atoms with E-state index in [-0.39, 0.29) is 6.04 Å². The van der Waals surface area contributed by atoms with Gasteiger partial charge < -0.3 is 5.73 Å². The van der Waals surface area contributed by atoms with Crippen molar-refractivity contribution < 1.29 is 0 Å². The van der Waals surface area contributed by atoms with Crippen LogP contribution in [-0.2, 0) is 0 Å². The van der Waals surface area contributed by atoms with E-state index in [1.807, 2.05) is 11.8 Å². The van der Waals surface area contributed by atoms with E-state index in [0.717, 1.165) is 11.0 Å². The van der Waals surface area contributed by atoms with Gasteiger partial charge in [-0.1, -0.05) is 25.5 Å². The van der Waals surface area contributed by atoms with Gasteiger partial charge in [-0.2, -0.15) is 11.8 Å². The highest BCUT2D eigenvalue weighted by Crippen LogP contribution is 2.14. The van der Waals surface area contributed by atoms with Gasteiger partial charge in [-0.05, 0) is 20.3 Å². The van der Waals surface area contributed by atoms with Gasteiger partial charge in [0.1, 0.15) is 0 Å². The molecule has 0 aliphatic carbocycles. The standard InChI is InChI=1S/C10H21NS/c1-5-9(4)12-7-10(11)6-8(2)3/h6,9-10H,5,7,11H2,1-4H3. The van der Waals surface area contributed by atoms with Gasteiger partial charge >= 0.3 is 0 Å². The fourth-order valence-corrected chi connectivity index (χ4v) is 1.75. The molecule has 0 aromatic carbocycles. The molecule has 0 bridgehead atoms. The van der Waals surface area contributed by atoms with Crippen LogP contribution in [0.2, 0.25) is 0 Å². The van der Waals surface area contributed by atoms with Gasteiger partial charge in [-0.3, -0.25) is 0 Å². The van der Waals surface area contributed by atoms with E-state index in [1.54, 1.807) is 0 Å². The lowest BCUT2D eigenvalue weighted by atomic mass is 10.2. The maximum atomic E-state index is 5.88. The fourth-order valence-electron chi connectivity index (χ4n) is 0.869. The Kier molecular flexibility index (Phi) is 6.58. The highest BCUT2D eigenvalue weighted by molar-refractivity contribution is 7.99. The summed E-state index contributed by atoms with van der Waals surface area (Å²) in [5.74, 6) is 1.04. The summed E-state index contributed by atoms with van der Waals surface area (Å²) >= 11 is 1.96. The number of hydrogen-bond acceptors (Lipinski definition) is 2. The lowest BCUT2D eigenvalue weighted by Gasteiger charge is -2.11. The lowest BCUT2D eigenvalue weighted by molar-refractivity contribution is 0.883. The van der Waals surface area contributed by atoms with E-state index in [4.69, 9.17) is 5.73 Å². The van der Waals surface area contributed by atoms with Crippen molar-refractivity contribution in [3.63, 3.8) is 0 Å². The zero-order valence-corrected chi connectivity index (χ0v) is 9.45. The Labute approximate surface area is 80.8 Å². The minimum absolute atomic E-state index is 0.231. The Morgan fingerprint density at radius 3 is 2.50 bits per heavy atom. The number of rotatable bonds is 5. The molecule has 0 aliphatic heterocycles. The Morgan fingerprint density at radius 2 is 2.08 bits per heavy atom. The molecule has 0 radical (unpaired) electrons. The van der Waals surface area contributed by atoms with E-state index in [2.05, 4.69) is 33.8 Å². The predicted octanol–water partition coefficient (Wildman–Crippen LogP) is 2.81. The van der Waals surface area contributed by atoms with Crippen molar-refractivity contribution in [2.75, 3.05) is 5.75 Å². The monoisotopic (exact) mass is 187 g/mol. The minimum Gasteiger partial charge on any atom is -0.324 e. The lowest BCUT2D eigenvalue weighted by Crippen LogP contribution is -2.21. The van der Waals surface area contributed by atoms with Crippen molar-refractivity contribution in [2.24, 2.45) is 5.73 Å². The Morgan fingerprint density at radius 1 is 1.50 bits per heavy atom. The second-order valence-corrected chi connectivity index (χ2v) is 4.93. The average Bonchev–Trinajstić information content (AvgIpc) is 1.99. The van der Waals surface area contributed by atoms with E-state index in [9.17, 15) is 0 Å². The summed E-state index contributed by atoms with van der Waals surface area (Å²) in [6.45, 7) is 8.64. The van der Waals surface area contributed by atoms with E-state index < -0.39 is 0 Å². The summed E-state index contributed by atoms with van der Waals surface area (Å²) < 4.78 is 0. The molecule has 0 spiro atoms. The highest BCUT2D eigenvalue weighted by atomic mass is 32.2. The highest BCUT2D eigenvalue weighted by Gasteiger charge is 2.02. The quantitative estimate of drug-likeness (QED) is 0.670. The molecule has 0 fully saturated rings. The van der Waals surface area contributed by atoms with Crippen LogP contribution < -0.4 is 5.73 Å². The first kappa shape index (κ1) is 12.0. The van der Waals surface area contributed by atoms with Crippen LogP contribution in [-0.4, -0.2) is 17.0 Å². The van der Waals surface area contributed by atoms with Crippen LogP contribution in [0.15, 0.2) is 11.6 Å². The molecule has 2 atom stereocenters. The molecule has 0 amide bonds. The topological polar surface area (TPSA) is 26.0 Å². The second-order valence-electron chi connectivity index (χ2n) is 3.46. The molecule has 2 unspecified atom stereocenters. The summed E-state index contributed by atoms with van der Waals surface area (Å²) in [5, 5.41) is 0.738. The van der Waals surface area contributed by atoms with Gasteiger partial charge in [0.2, 0.25) is 0 Å². The summed E-state index contributed by atoms with van der Waals surface area (Å²) in [4.78, 5) is 0. The molecule has 0 heterocycles. The van der Waals surface area contributed by atoms with Gasteiger partial charge in [0.15, 0.2) is 0 Å². The minimum atomic E-state index is 0.231. The van der Waals surface area contributed by atoms with Crippen LogP contribution in [0.3, 0.4) is 0 Å². The van der Waals surface area contributed by atoms with Crippen molar-refractivity contribution >= 4 is 11.8 Å². The van der Waals surface area contributed by atoms with Crippen LogP contribution >= 0.6 is 11.8 Å². The number of nitrogens with two attached hydrogens (primary N) is 1. The van der Waals surface area contributed by atoms with Crippen molar-refractivity contribution in [1.82, 2.24) is 0 Å². The molecule has 0 saturated heterocycles. The van der Waals surface area contributed by atoms with Crippen LogP contribution in [0.1, 0.15) is 34.1 Å². The largest absolute Gasteiger partial charge is 0.324 e. The van der Waals surface area contributed by atoms with Crippen molar-refractivity contribution in [2.45, 2.75) is 45.4 Å². The van der Waals surface area contributed by atoms with Crippen molar-refractivity contribution in [3.8, 4) is 0 Å². The van der Waals surface area contributed by atoms with Gasteiger partial charge in [-0.25, -0.2) is 0 Å². The first-order valence-electron chi connectivity index (χ1n) is 4.58. The Hall–Kier alpha value is 0.0500. The fraction of sp³-hybridized carbons (Fsp3) is 0.800. The zero-order chi connectivity index (χ0) is 9.56. The molecular formula is C10H21NS. The van der Waals surface area contributed by atoms with Crippen molar-refractivity contribution in [3.05, 3.63) is 11.6 Å². The maximum absolute atomic E-state index is 5.88. The summed E-state index contributed by atoms with van der Waals surface area (Å²) in [7, 11) is 0. The van der Waals surface area contributed by atoms with Crippen LogP contribution in [0.5, 0.6) is 0 Å². The molecule has 0 aliphatic rings. The molecule has 2 N–H and O–H groups in total. The summed E-state index contributed by atoms with van der Waals surface area (Å²) in [6, 6.07) is 0.231. The number of allylic oxidation sites excluding steroid dienone is 1. The number of hydrogen-bond donors (Lipinski definition) is 1. The molecule has 0 aromatic rings. The SMILES string of the molecule is CCC(C)SCC(N)C=C(C)C. The van der Waals surface area contributed by atoms with E-state index in [0.29, 0.717) is 0 Å². The van der Waals surface area contributed by atoms with Gasteiger partial charge in [0.25, 0.3) is 0 Å². The first-order valence-corrected chi connectivity index (χ1v) is 5.63. The van der Waals surface area contributed by atoms with E-state index in [1.165, 1.54) is 12.0 Å². The van der Waals surface area contributed by atoms with Gasteiger partial charge in [0, 0.05) is 17.0 Å². The molecular weight excluding hydrogens is 166 g/mol. The third kappa shape index (κ3) is 6.74. The predicted molar refractivity (Wildman–Crippen MR) is 59.6 cm³/mol. The molecule has 0 aromatic heterocycles. The van der Waals surface area contributed by atoms with Gasteiger partial charge in [0.05, 0.1) is 0 Å². The zero-order valence-electron chi connectivity index (χ0n) is 8.63. The van der Waals surface area contributed by atoms with Crippen LogP contribution in [0, 0.1) is 0 Å². The molecule has 2 heteroatoms. The Bertz CT molecular complexity index is 139. The van der Waals surface area contributed by atoms with Crippen LogP contribution in [0.4, 0.5) is 0 Å². The number of thioether (sulfide) groups is 1. The van der Waals surface area contributed by atoms with E-state index >= 15 is 0 Å². The average molecular weight is 187 g/mol. The summed E-state index contributed by atoms with van der Waals surface area (Å²) in [6.07, 6.45) is 3.36. The molecule has 0 rings (SSSR count). The second kappa shape index (κ2) is 6.55. The molecule has 12 heavy (non-hydrogen) atoms. The summed E-state index contributed by atoms with van der Waals surface area (Å²) in [5.41, 5.74) is 7.19. The first-order chi connectivity index (χ1) is 5.56. The third-order valence-electron chi connectivity index (χ3n) is 1.70. The smallest absolute Gasteiger partial charge is 0.0318 e. The van der Waals surface area contributed by atoms with Crippen molar-refractivity contribution in [1.29, 1.82) is 0 Å². The molecule has 72 valence electrons. The van der Waals surface area contributed by atoms with Crippen LogP contribution in [0.25, 0.3) is 0 Å². The Balaban J connectivity index is 3.57. The van der Waals surface area contributed by atoms with Gasteiger partial charge in [-0.15, -0.1) is 0 Å². The normalized spacial score (nSPS) is 15.4. The molecule has 0 saturated carbocycles. The maximum Gasteiger partial charge on any atom is 0.0318 e. The molecule has 1 nitrogen and oxygen atoms in total.